The Morgan fingerprint density at radius 1 is 1.42 bits per heavy atom. The maximum absolute atomic E-state index is 12.8. The molecule has 1 saturated heterocycles. The number of rotatable bonds is 8. The minimum atomic E-state index is -0.742. The van der Waals surface area contributed by atoms with Crippen molar-refractivity contribution < 1.29 is 19.0 Å². The molecule has 2 unspecified atom stereocenters. The van der Waals surface area contributed by atoms with Gasteiger partial charge in [-0.25, -0.2) is 4.39 Å². The molecule has 24 heavy (non-hydrogen) atoms. The van der Waals surface area contributed by atoms with E-state index in [-0.39, 0.29) is 25.1 Å². The van der Waals surface area contributed by atoms with Crippen LogP contribution in [0.5, 0.6) is 5.75 Å². The Hall–Kier alpha value is -1.86. The number of halogens is 1. The number of ether oxygens (including phenoxy) is 2. The SMILES string of the molecule is CCNC(=NCC(O)COc1ccc(F)cc1)NCC1CCCO1. The number of aliphatic hydroxyl groups is 1. The molecule has 0 bridgehead atoms. The van der Waals surface area contributed by atoms with Gasteiger partial charge in [-0.05, 0) is 44.0 Å². The largest absolute Gasteiger partial charge is 0.491 e. The molecule has 0 radical (unpaired) electrons. The number of aliphatic hydroxyl groups excluding tert-OH is 1. The van der Waals surface area contributed by atoms with Gasteiger partial charge in [0.25, 0.3) is 0 Å². The van der Waals surface area contributed by atoms with Gasteiger partial charge in [0.2, 0.25) is 0 Å². The number of nitrogens with one attached hydrogen (secondary N) is 2. The van der Waals surface area contributed by atoms with E-state index in [1.165, 1.54) is 24.3 Å². The molecule has 1 aliphatic heterocycles. The normalized spacial score (nSPS) is 19.1. The Morgan fingerprint density at radius 3 is 2.88 bits per heavy atom. The second-order valence-corrected chi connectivity index (χ2v) is 5.65. The van der Waals surface area contributed by atoms with Crippen molar-refractivity contribution in [3.05, 3.63) is 30.1 Å². The van der Waals surface area contributed by atoms with E-state index in [4.69, 9.17) is 9.47 Å². The number of benzene rings is 1. The minimum absolute atomic E-state index is 0.0975. The lowest BCUT2D eigenvalue weighted by Crippen LogP contribution is -2.41. The lowest BCUT2D eigenvalue weighted by molar-refractivity contribution is 0.112. The van der Waals surface area contributed by atoms with Crippen LogP contribution in [0.3, 0.4) is 0 Å². The van der Waals surface area contributed by atoms with Crippen molar-refractivity contribution >= 4 is 5.96 Å². The number of hydrogen-bond donors (Lipinski definition) is 3. The Morgan fingerprint density at radius 2 is 2.21 bits per heavy atom. The van der Waals surface area contributed by atoms with Crippen molar-refractivity contribution in [1.82, 2.24) is 10.6 Å². The van der Waals surface area contributed by atoms with Crippen LogP contribution < -0.4 is 15.4 Å². The maximum Gasteiger partial charge on any atom is 0.191 e. The average Bonchev–Trinajstić information content (AvgIpc) is 3.10. The third-order valence-electron chi connectivity index (χ3n) is 3.58. The van der Waals surface area contributed by atoms with Crippen LogP contribution in [0.2, 0.25) is 0 Å². The Balaban J connectivity index is 1.73. The molecule has 1 aromatic carbocycles. The third-order valence-corrected chi connectivity index (χ3v) is 3.58. The van der Waals surface area contributed by atoms with Gasteiger partial charge in [0.15, 0.2) is 5.96 Å². The lowest BCUT2D eigenvalue weighted by atomic mass is 10.2. The van der Waals surface area contributed by atoms with E-state index in [0.717, 1.165) is 26.0 Å². The van der Waals surface area contributed by atoms with Crippen molar-refractivity contribution in [2.75, 3.05) is 32.8 Å². The topological polar surface area (TPSA) is 75.1 Å². The van der Waals surface area contributed by atoms with Gasteiger partial charge in [0, 0.05) is 19.7 Å². The number of aliphatic imine (C=N–C) groups is 1. The van der Waals surface area contributed by atoms with Crippen LogP contribution >= 0.6 is 0 Å². The van der Waals surface area contributed by atoms with Gasteiger partial charge in [-0.1, -0.05) is 0 Å². The summed E-state index contributed by atoms with van der Waals surface area (Å²) in [5, 5.41) is 16.3. The van der Waals surface area contributed by atoms with Crippen LogP contribution in [0.4, 0.5) is 4.39 Å². The fourth-order valence-electron chi connectivity index (χ4n) is 2.33. The fraction of sp³-hybridized carbons (Fsp3) is 0.588. The molecule has 0 aromatic heterocycles. The van der Waals surface area contributed by atoms with Crippen molar-refractivity contribution in [2.24, 2.45) is 4.99 Å². The van der Waals surface area contributed by atoms with E-state index in [0.29, 0.717) is 18.3 Å². The Labute approximate surface area is 142 Å². The molecule has 0 amide bonds. The molecule has 3 N–H and O–H groups in total. The molecule has 1 aliphatic rings. The quantitative estimate of drug-likeness (QED) is 0.492. The van der Waals surface area contributed by atoms with Crippen LogP contribution in [0.25, 0.3) is 0 Å². The standard InChI is InChI=1S/C17H26FN3O3/c1-2-19-17(21-11-16-4-3-9-23-16)20-10-14(22)12-24-15-7-5-13(18)6-8-15/h5-8,14,16,22H,2-4,9-12H2,1H3,(H2,19,20,21). The monoisotopic (exact) mass is 339 g/mol. The molecule has 2 atom stereocenters. The summed E-state index contributed by atoms with van der Waals surface area (Å²) in [7, 11) is 0. The first-order chi connectivity index (χ1) is 11.7. The Bertz CT molecular complexity index is 504. The molecule has 1 aromatic rings. The predicted octanol–water partition coefficient (Wildman–Crippen LogP) is 1.30. The minimum Gasteiger partial charge on any atom is -0.491 e. The molecule has 6 nitrogen and oxygen atoms in total. The van der Waals surface area contributed by atoms with Gasteiger partial charge in [0.05, 0.1) is 12.6 Å². The Kier molecular flexibility index (Phi) is 7.77. The van der Waals surface area contributed by atoms with Crippen LogP contribution in [-0.2, 0) is 4.74 Å². The highest BCUT2D eigenvalue weighted by molar-refractivity contribution is 5.79. The van der Waals surface area contributed by atoms with Gasteiger partial charge in [-0.3, -0.25) is 4.99 Å². The zero-order valence-electron chi connectivity index (χ0n) is 14.0. The number of guanidine groups is 1. The molecule has 2 rings (SSSR count). The molecule has 0 spiro atoms. The summed E-state index contributed by atoms with van der Waals surface area (Å²) in [5.41, 5.74) is 0. The van der Waals surface area contributed by atoms with E-state index in [1.807, 2.05) is 6.92 Å². The predicted molar refractivity (Wildman–Crippen MR) is 90.9 cm³/mol. The number of nitrogens with zero attached hydrogens (tertiary/aromatic N) is 1. The summed E-state index contributed by atoms with van der Waals surface area (Å²) in [6, 6.07) is 5.69. The summed E-state index contributed by atoms with van der Waals surface area (Å²) in [4.78, 5) is 4.35. The van der Waals surface area contributed by atoms with E-state index in [1.54, 1.807) is 0 Å². The van der Waals surface area contributed by atoms with Crippen molar-refractivity contribution in [3.8, 4) is 5.75 Å². The zero-order valence-corrected chi connectivity index (χ0v) is 14.0. The van der Waals surface area contributed by atoms with Crippen LogP contribution in [0.1, 0.15) is 19.8 Å². The summed E-state index contributed by atoms with van der Waals surface area (Å²) in [5.74, 6) is 0.844. The highest BCUT2D eigenvalue weighted by Gasteiger charge is 2.15. The van der Waals surface area contributed by atoms with Crippen LogP contribution in [-0.4, -0.2) is 56.1 Å². The molecule has 134 valence electrons. The fourth-order valence-corrected chi connectivity index (χ4v) is 2.33. The summed E-state index contributed by atoms with van der Waals surface area (Å²) in [6.07, 6.45) is 1.63. The molecule has 1 heterocycles. The van der Waals surface area contributed by atoms with Gasteiger partial charge >= 0.3 is 0 Å². The highest BCUT2D eigenvalue weighted by atomic mass is 19.1. The highest BCUT2D eigenvalue weighted by Crippen LogP contribution is 2.11. The van der Waals surface area contributed by atoms with Gasteiger partial charge in [-0.15, -0.1) is 0 Å². The van der Waals surface area contributed by atoms with E-state index < -0.39 is 6.10 Å². The second kappa shape index (κ2) is 10.1. The first kappa shape index (κ1) is 18.5. The third kappa shape index (κ3) is 6.72. The molecular formula is C17H26FN3O3. The van der Waals surface area contributed by atoms with Crippen molar-refractivity contribution in [3.63, 3.8) is 0 Å². The average molecular weight is 339 g/mol. The first-order valence-corrected chi connectivity index (χ1v) is 8.37. The molecule has 7 heteroatoms. The molecule has 0 saturated carbocycles. The summed E-state index contributed by atoms with van der Waals surface area (Å²) >= 11 is 0. The van der Waals surface area contributed by atoms with Crippen LogP contribution in [0, 0.1) is 5.82 Å². The van der Waals surface area contributed by atoms with E-state index >= 15 is 0 Å². The summed E-state index contributed by atoms with van der Waals surface area (Å²) in [6.45, 7) is 4.55. The maximum atomic E-state index is 12.8. The molecular weight excluding hydrogens is 313 g/mol. The molecule has 1 fully saturated rings. The van der Waals surface area contributed by atoms with Gasteiger partial charge in [0.1, 0.15) is 24.3 Å². The second-order valence-electron chi connectivity index (χ2n) is 5.65. The van der Waals surface area contributed by atoms with Gasteiger partial charge in [-0.2, -0.15) is 0 Å². The smallest absolute Gasteiger partial charge is 0.191 e. The van der Waals surface area contributed by atoms with Crippen LogP contribution in [0.15, 0.2) is 29.3 Å². The van der Waals surface area contributed by atoms with E-state index in [2.05, 4.69) is 15.6 Å². The lowest BCUT2D eigenvalue weighted by Gasteiger charge is -2.16. The van der Waals surface area contributed by atoms with Crippen molar-refractivity contribution in [2.45, 2.75) is 32.0 Å². The van der Waals surface area contributed by atoms with E-state index in [9.17, 15) is 9.50 Å². The zero-order chi connectivity index (χ0) is 17.2. The first-order valence-electron chi connectivity index (χ1n) is 8.37. The molecule has 0 aliphatic carbocycles. The summed E-state index contributed by atoms with van der Waals surface area (Å²) < 4.78 is 23.8. The van der Waals surface area contributed by atoms with Crippen molar-refractivity contribution in [1.29, 1.82) is 0 Å². The van der Waals surface area contributed by atoms with Gasteiger partial charge < -0.3 is 25.2 Å². The number of hydrogen-bond acceptors (Lipinski definition) is 4.